The van der Waals surface area contributed by atoms with Crippen molar-refractivity contribution in [2.24, 2.45) is 5.92 Å². The van der Waals surface area contributed by atoms with Crippen LogP contribution in [0.25, 0.3) is 0 Å². The Morgan fingerprint density at radius 2 is 1.64 bits per heavy atom. The van der Waals surface area contributed by atoms with E-state index < -0.39 is 11.7 Å². The predicted octanol–water partition coefficient (Wildman–Crippen LogP) is 4.44. The molecule has 1 aliphatic heterocycles. The number of carbonyl (C=O) groups is 2. The molecule has 0 saturated carbocycles. The fourth-order valence-electron chi connectivity index (χ4n) is 3.88. The van der Waals surface area contributed by atoms with Gasteiger partial charge in [-0.25, -0.2) is 4.68 Å². The fraction of sp³-hybridized carbons (Fsp3) is 0.292. The van der Waals surface area contributed by atoms with E-state index >= 15 is 0 Å². The Bertz CT molecular complexity index is 1100. The van der Waals surface area contributed by atoms with Gasteiger partial charge in [-0.3, -0.25) is 9.59 Å². The second-order valence-electron chi connectivity index (χ2n) is 7.99. The summed E-state index contributed by atoms with van der Waals surface area (Å²) in [4.78, 5) is 27.0. The van der Waals surface area contributed by atoms with Crippen molar-refractivity contribution in [2.45, 2.75) is 25.6 Å². The van der Waals surface area contributed by atoms with Crippen LogP contribution in [0.15, 0.2) is 66.9 Å². The lowest BCUT2D eigenvalue weighted by molar-refractivity contribution is -0.137. The lowest BCUT2D eigenvalue weighted by Gasteiger charge is -2.31. The van der Waals surface area contributed by atoms with Gasteiger partial charge in [-0.05, 0) is 42.7 Å². The van der Waals surface area contributed by atoms with Crippen molar-refractivity contribution in [2.75, 3.05) is 18.4 Å². The lowest BCUT2D eigenvalue weighted by atomic mass is 9.95. The molecule has 0 atom stereocenters. The summed E-state index contributed by atoms with van der Waals surface area (Å²) in [7, 11) is 0. The Labute approximate surface area is 189 Å². The molecule has 0 aliphatic carbocycles. The molecule has 2 amide bonds. The van der Waals surface area contributed by atoms with Gasteiger partial charge in [-0.2, -0.15) is 18.3 Å². The van der Waals surface area contributed by atoms with Crippen molar-refractivity contribution in [1.82, 2.24) is 14.7 Å². The van der Waals surface area contributed by atoms with E-state index in [0.29, 0.717) is 38.3 Å². The molecule has 2 heterocycles. The maximum absolute atomic E-state index is 12.8. The van der Waals surface area contributed by atoms with Gasteiger partial charge in [0.15, 0.2) is 0 Å². The van der Waals surface area contributed by atoms with Gasteiger partial charge >= 0.3 is 6.18 Å². The van der Waals surface area contributed by atoms with Crippen molar-refractivity contribution in [3.8, 4) is 0 Å². The third-order valence-electron chi connectivity index (χ3n) is 5.76. The van der Waals surface area contributed by atoms with E-state index in [4.69, 9.17) is 0 Å². The number of carbonyl (C=O) groups excluding carboxylic acids is 2. The molecule has 1 saturated heterocycles. The summed E-state index contributed by atoms with van der Waals surface area (Å²) >= 11 is 0. The van der Waals surface area contributed by atoms with E-state index in [0.717, 1.165) is 17.7 Å². The zero-order chi connectivity index (χ0) is 23.4. The first-order valence-corrected chi connectivity index (χ1v) is 10.6. The molecule has 0 bridgehead atoms. The highest BCUT2D eigenvalue weighted by atomic mass is 19.4. The number of likely N-dealkylation sites (tertiary alicyclic amines) is 1. The van der Waals surface area contributed by atoms with Crippen LogP contribution in [0.2, 0.25) is 0 Å². The summed E-state index contributed by atoms with van der Waals surface area (Å²) in [6.07, 6.45) is -1.86. The maximum atomic E-state index is 12.8. The van der Waals surface area contributed by atoms with Gasteiger partial charge in [0, 0.05) is 30.6 Å². The molecule has 1 fully saturated rings. The van der Waals surface area contributed by atoms with E-state index in [9.17, 15) is 22.8 Å². The highest BCUT2D eigenvalue weighted by Gasteiger charge is 2.31. The minimum Gasteiger partial charge on any atom is -0.339 e. The standard InChI is InChI=1S/C24H23F3N4O2/c25-24(26,27)20-8-6-19(7-9-20)23(33)30-14-11-18(12-15-30)22(32)29-21-10-13-28-31(21)16-17-4-2-1-3-5-17/h1-10,13,18H,11-12,14-16H2,(H,29,32). The van der Waals surface area contributed by atoms with Crippen LogP contribution in [0, 0.1) is 5.92 Å². The van der Waals surface area contributed by atoms with Crippen LogP contribution in [0.3, 0.4) is 0 Å². The lowest BCUT2D eigenvalue weighted by Crippen LogP contribution is -2.41. The van der Waals surface area contributed by atoms with Crippen molar-refractivity contribution in [1.29, 1.82) is 0 Å². The molecule has 33 heavy (non-hydrogen) atoms. The van der Waals surface area contributed by atoms with Crippen LogP contribution in [-0.4, -0.2) is 39.6 Å². The highest BCUT2D eigenvalue weighted by Crippen LogP contribution is 2.29. The molecule has 6 nitrogen and oxygen atoms in total. The Hall–Kier alpha value is -3.62. The Kier molecular flexibility index (Phi) is 6.48. The molecular weight excluding hydrogens is 433 g/mol. The number of hydrogen-bond donors (Lipinski definition) is 1. The number of halogens is 3. The molecule has 3 aromatic rings. The van der Waals surface area contributed by atoms with Crippen molar-refractivity contribution in [3.63, 3.8) is 0 Å². The van der Waals surface area contributed by atoms with E-state index in [1.807, 2.05) is 30.3 Å². The van der Waals surface area contributed by atoms with Crippen molar-refractivity contribution in [3.05, 3.63) is 83.6 Å². The quantitative estimate of drug-likeness (QED) is 0.617. The largest absolute Gasteiger partial charge is 0.416 e. The summed E-state index contributed by atoms with van der Waals surface area (Å²) < 4.78 is 39.9. The highest BCUT2D eigenvalue weighted by molar-refractivity contribution is 5.95. The van der Waals surface area contributed by atoms with Gasteiger partial charge in [0.05, 0.1) is 18.3 Å². The smallest absolute Gasteiger partial charge is 0.339 e. The average Bonchev–Trinajstić information content (AvgIpc) is 3.25. The SMILES string of the molecule is O=C(Nc1ccnn1Cc1ccccc1)C1CCN(C(=O)c2ccc(C(F)(F)F)cc2)CC1. The third kappa shape index (κ3) is 5.42. The Balaban J connectivity index is 1.32. The molecule has 1 N–H and O–H groups in total. The molecule has 4 rings (SSSR count). The summed E-state index contributed by atoms with van der Waals surface area (Å²) in [6, 6.07) is 15.7. The van der Waals surface area contributed by atoms with Gasteiger partial charge in [0.1, 0.15) is 5.82 Å². The topological polar surface area (TPSA) is 67.2 Å². The second kappa shape index (κ2) is 9.48. The zero-order valence-electron chi connectivity index (χ0n) is 17.8. The number of aromatic nitrogens is 2. The normalized spacial score (nSPS) is 14.8. The number of nitrogens with one attached hydrogen (secondary N) is 1. The number of nitrogens with zero attached hydrogens (tertiary/aromatic N) is 3. The summed E-state index contributed by atoms with van der Waals surface area (Å²) in [5.41, 5.74) is 0.475. The number of benzene rings is 2. The number of piperidine rings is 1. The molecule has 0 spiro atoms. The predicted molar refractivity (Wildman–Crippen MR) is 116 cm³/mol. The molecule has 0 unspecified atom stereocenters. The summed E-state index contributed by atoms with van der Waals surface area (Å²) in [5, 5.41) is 7.21. The van der Waals surface area contributed by atoms with Crippen LogP contribution in [0.4, 0.5) is 19.0 Å². The number of amides is 2. The third-order valence-corrected chi connectivity index (χ3v) is 5.76. The van der Waals surface area contributed by atoms with Gasteiger partial charge < -0.3 is 10.2 Å². The van der Waals surface area contributed by atoms with Crippen molar-refractivity contribution < 1.29 is 22.8 Å². The second-order valence-corrected chi connectivity index (χ2v) is 7.99. The summed E-state index contributed by atoms with van der Waals surface area (Å²) in [5.74, 6) is -0.121. The average molecular weight is 456 g/mol. The van der Waals surface area contributed by atoms with Crippen LogP contribution < -0.4 is 5.32 Å². The maximum Gasteiger partial charge on any atom is 0.416 e. The number of anilines is 1. The molecule has 1 aliphatic rings. The minimum absolute atomic E-state index is 0.133. The van der Waals surface area contributed by atoms with Gasteiger partial charge in [0.2, 0.25) is 5.91 Å². The monoisotopic (exact) mass is 456 g/mol. The van der Waals surface area contributed by atoms with E-state index in [1.165, 1.54) is 12.1 Å². The minimum atomic E-state index is -4.44. The van der Waals surface area contributed by atoms with Gasteiger partial charge in [0.25, 0.3) is 5.91 Å². The fourth-order valence-corrected chi connectivity index (χ4v) is 3.88. The van der Waals surface area contributed by atoms with Crippen LogP contribution in [0.5, 0.6) is 0 Å². The van der Waals surface area contributed by atoms with Crippen molar-refractivity contribution >= 4 is 17.6 Å². The Morgan fingerprint density at radius 1 is 0.970 bits per heavy atom. The molecule has 2 aromatic carbocycles. The number of rotatable bonds is 5. The molecule has 1 aromatic heterocycles. The molecule has 172 valence electrons. The molecular formula is C24H23F3N4O2. The first kappa shape index (κ1) is 22.6. The first-order chi connectivity index (χ1) is 15.8. The Morgan fingerprint density at radius 3 is 2.27 bits per heavy atom. The van der Waals surface area contributed by atoms with Crippen LogP contribution in [-0.2, 0) is 17.5 Å². The van der Waals surface area contributed by atoms with Crippen LogP contribution in [0.1, 0.15) is 34.3 Å². The van der Waals surface area contributed by atoms with E-state index in [2.05, 4.69) is 10.4 Å². The molecule has 0 radical (unpaired) electrons. The van der Waals surface area contributed by atoms with Gasteiger partial charge in [-0.1, -0.05) is 30.3 Å². The van der Waals surface area contributed by atoms with E-state index in [1.54, 1.807) is 21.8 Å². The van der Waals surface area contributed by atoms with Gasteiger partial charge in [-0.15, -0.1) is 0 Å². The van der Waals surface area contributed by atoms with Crippen LogP contribution >= 0.6 is 0 Å². The molecule has 9 heteroatoms. The zero-order valence-corrected chi connectivity index (χ0v) is 17.8. The first-order valence-electron chi connectivity index (χ1n) is 10.6. The number of alkyl halides is 3. The summed E-state index contributed by atoms with van der Waals surface area (Å²) in [6.45, 7) is 1.26. The number of hydrogen-bond acceptors (Lipinski definition) is 3. The van der Waals surface area contributed by atoms with E-state index in [-0.39, 0.29) is 23.3 Å².